The number of nitrogens with zero attached hydrogens (tertiary/aromatic N) is 1. The molecule has 1 amide bonds. The maximum atomic E-state index is 13.0. The van der Waals surface area contributed by atoms with Crippen molar-refractivity contribution in [3.8, 4) is 5.75 Å². The number of ether oxygens (including phenoxy) is 1. The number of sulfonamides is 1. The van der Waals surface area contributed by atoms with Gasteiger partial charge in [0, 0.05) is 13.6 Å². The van der Waals surface area contributed by atoms with E-state index in [-0.39, 0.29) is 23.9 Å². The summed E-state index contributed by atoms with van der Waals surface area (Å²) in [5.41, 5.74) is 1.52. The standard InChI is InChI=1S/C18H22N2O4S/c1-14-11-16(9-10-17(14)24-3)25(22,23)20(13-18(21)19-2)12-15-7-5-4-6-8-15/h4-11H,12-13H2,1-3H3,(H,19,21). The van der Waals surface area contributed by atoms with E-state index < -0.39 is 10.0 Å². The Balaban J connectivity index is 2.40. The van der Waals surface area contributed by atoms with Gasteiger partial charge in [-0.3, -0.25) is 4.79 Å². The second-order valence-electron chi connectivity index (χ2n) is 5.56. The molecule has 0 heterocycles. The molecule has 0 aliphatic carbocycles. The van der Waals surface area contributed by atoms with Gasteiger partial charge in [-0.25, -0.2) is 8.42 Å². The second-order valence-corrected chi connectivity index (χ2v) is 7.50. The van der Waals surface area contributed by atoms with Gasteiger partial charge in [0.05, 0.1) is 18.6 Å². The minimum Gasteiger partial charge on any atom is -0.496 e. The summed E-state index contributed by atoms with van der Waals surface area (Å²) in [5.74, 6) is 0.240. The number of carbonyl (C=O) groups excluding carboxylic acids is 1. The first-order valence-corrected chi connectivity index (χ1v) is 9.21. The molecule has 134 valence electrons. The molecular weight excluding hydrogens is 340 g/mol. The van der Waals surface area contributed by atoms with E-state index in [1.54, 1.807) is 19.1 Å². The molecule has 0 saturated carbocycles. The van der Waals surface area contributed by atoms with Crippen molar-refractivity contribution in [3.05, 3.63) is 59.7 Å². The Bertz CT molecular complexity index is 835. The number of rotatable bonds is 7. The van der Waals surface area contributed by atoms with Gasteiger partial charge in [-0.2, -0.15) is 4.31 Å². The average Bonchev–Trinajstić information content (AvgIpc) is 2.61. The summed E-state index contributed by atoms with van der Waals surface area (Å²) in [5, 5.41) is 2.47. The van der Waals surface area contributed by atoms with E-state index in [4.69, 9.17) is 4.74 Å². The van der Waals surface area contributed by atoms with Crippen LogP contribution in [0.1, 0.15) is 11.1 Å². The van der Waals surface area contributed by atoms with Crippen LogP contribution in [0.3, 0.4) is 0 Å². The molecule has 0 aromatic heterocycles. The Kier molecular flexibility index (Phi) is 6.17. The van der Waals surface area contributed by atoms with Crippen LogP contribution < -0.4 is 10.1 Å². The van der Waals surface area contributed by atoms with E-state index >= 15 is 0 Å². The first-order valence-electron chi connectivity index (χ1n) is 7.77. The highest BCUT2D eigenvalue weighted by atomic mass is 32.2. The Morgan fingerprint density at radius 1 is 1.16 bits per heavy atom. The van der Waals surface area contributed by atoms with Crippen LogP contribution in [0, 0.1) is 6.92 Å². The number of likely N-dealkylation sites (N-methyl/N-ethyl adjacent to an activating group) is 1. The van der Waals surface area contributed by atoms with Gasteiger partial charge < -0.3 is 10.1 Å². The predicted molar refractivity (Wildman–Crippen MR) is 95.8 cm³/mol. The number of carbonyl (C=O) groups is 1. The number of amides is 1. The van der Waals surface area contributed by atoms with Crippen LogP contribution >= 0.6 is 0 Å². The number of methoxy groups -OCH3 is 1. The van der Waals surface area contributed by atoms with Gasteiger partial charge >= 0.3 is 0 Å². The third-order valence-electron chi connectivity index (χ3n) is 3.80. The van der Waals surface area contributed by atoms with Crippen molar-refractivity contribution in [3.63, 3.8) is 0 Å². The molecule has 7 heteroatoms. The highest BCUT2D eigenvalue weighted by molar-refractivity contribution is 7.89. The summed E-state index contributed by atoms with van der Waals surface area (Å²) < 4.78 is 32.4. The highest BCUT2D eigenvalue weighted by Gasteiger charge is 2.27. The minimum atomic E-state index is -3.83. The summed E-state index contributed by atoms with van der Waals surface area (Å²) >= 11 is 0. The first kappa shape index (κ1) is 19.0. The third-order valence-corrected chi connectivity index (χ3v) is 5.59. The zero-order valence-electron chi connectivity index (χ0n) is 14.5. The van der Waals surface area contributed by atoms with Crippen molar-refractivity contribution < 1.29 is 17.9 Å². The van der Waals surface area contributed by atoms with E-state index in [1.807, 2.05) is 30.3 Å². The maximum absolute atomic E-state index is 13.0. The molecule has 2 aromatic rings. The van der Waals surface area contributed by atoms with Crippen LogP contribution in [-0.2, 0) is 21.4 Å². The van der Waals surface area contributed by atoms with Crippen molar-refractivity contribution in [2.75, 3.05) is 20.7 Å². The summed E-state index contributed by atoms with van der Waals surface area (Å²) in [6, 6.07) is 13.8. The smallest absolute Gasteiger partial charge is 0.243 e. The summed E-state index contributed by atoms with van der Waals surface area (Å²) in [6.45, 7) is 1.64. The monoisotopic (exact) mass is 362 g/mol. The zero-order valence-corrected chi connectivity index (χ0v) is 15.3. The van der Waals surface area contributed by atoms with Gasteiger partial charge in [-0.05, 0) is 36.2 Å². The average molecular weight is 362 g/mol. The van der Waals surface area contributed by atoms with Crippen LogP contribution in [-0.4, -0.2) is 39.3 Å². The molecule has 6 nitrogen and oxygen atoms in total. The summed E-state index contributed by atoms with van der Waals surface area (Å²) in [4.78, 5) is 12.0. The number of hydrogen-bond donors (Lipinski definition) is 1. The topological polar surface area (TPSA) is 75.7 Å². The lowest BCUT2D eigenvalue weighted by Gasteiger charge is -2.22. The van der Waals surface area contributed by atoms with E-state index in [9.17, 15) is 13.2 Å². The fourth-order valence-electron chi connectivity index (χ4n) is 2.41. The van der Waals surface area contributed by atoms with Crippen molar-refractivity contribution in [1.29, 1.82) is 0 Å². The summed E-state index contributed by atoms with van der Waals surface area (Å²) in [7, 11) is -0.824. The molecule has 0 spiro atoms. The van der Waals surface area contributed by atoms with Gasteiger partial charge in [-0.1, -0.05) is 30.3 Å². The quantitative estimate of drug-likeness (QED) is 0.817. The van der Waals surface area contributed by atoms with Crippen molar-refractivity contribution in [2.24, 2.45) is 0 Å². The lowest BCUT2D eigenvalue weighted by atomic mass is 10.2. The number of nitrogens with one attached hydrogen (secondary N) is 1. The molecule has 0 atom stereocenters. The lowest BCUT2D eigenvalue weighted by molar-refractivity contribution is -0.120. The predicted octanol–water partition coefficient (Wildman–Crippen LogP) is 1.94. The fourth-order valence-corrected chi connectivity index (χ4v) is 3.88. The van der Waals surface area contributed by atoms with E-state index in [2.05, 4.69) is 5.32 Å². The Morgan fingerprint density at radius 3 is 2.40 bits per heavy atom. The minimum absolute atomic E-state index is 0.113. The van der Waals surface area contributed by atoms with Crippen molar-refractivity contribution in [1.82, 2.24) is 9.62 Å². The molecule has 0 unspecified atom stereocenters. The van der Waals surface area contributed by atoms with Crippen LogP contribution in [0.25, 0.3) is 0 Å². The molecule has 0 saturated heterocycles. The second kappa shape index (κ2) is 8.13. The molecule has 25 heavy (non-hydrogen) atoms. The highest BCUT2D eigenvalue weighted by Crippen LogP contribution is 2.24. The Morgan fingerprint density at radius 2 is 1.84 bits per heavy atom. The normalized spacial score (nSPS) is 11.4. The Hall–Kier alpha value is -2.38. The fraction of sp³-hybridized carbons (Fsp3) is 0.278. The van der Waals surface area contributed by atoms with Crippen LogP contribution in [0.4, 0.5) is 0 Å². The number of hydrogen-bond acceptors (Lipinski definition) is 4. The maximum Gasteiger partial charge on any atom is 0.243 e. The molecule has 0 aliphatic heterocycles. The van der Waals surface area contributed by atoms with Crippen LogP contribution in [0.5, 0.6) is 5.75 Å². The first-order chi connectivity index (χ1) is 11.9. The van der Waals surface area contributed by atoms with Crippen LogP contribution in [0.2, 0.25) is 0 Å². The number of aryl methyl sites for hydroxylation is 1. The molecule has 2 rings (SSSR count). The molecular formula is C18H22N2O4S. The van der Waals surface area contributed by atoms with Gasteiger partial charge in [0.1, 0.15) is 5.75 Å². The lowest BCUT2D eigenvalue weighted by Crippen LogP contribution is -2.39. The van der Waals surface area contributed by atoms with Crippen molar-refractivity contribution in [2.45, 2.75) is 18.4 Å². The zero-order chi connectivity index (χ0) is 18.4. The van der Waals surface area contributed by atoms with Gasteiger partial charge in [0.25, 0.3) is 0 Å². The van der Waals surface area contributed by atoms with E-state index in [0.717, 1.165) is 5.56 Å². The molecule has 0 radical (unpaired) electrons. The molecule has 0 aliphatic rings. The van der Waals surface area contributed by atoms with Gasteiger partial charge in [-0.15, -0.1) is 0 Å². The van der Waals surface area contributed by atoms with E-state index in [0.29, 0.717) is 11.3 Å². The Labute approximate surface area is 148 Å². The summed E-state index contributed by atoms with van der Waals surface area (Å²) in [6.07, 6.45) is 0. The van der Waals surface area contributed by atoms with E-state index in [1.165, 1.54) is 24.5 Å². The third kappa shape index (κ3) is 4.58. The SMILES string of the molecule is CNC(=O)CN(Cc1ccccc1)S(=O)(=O)c1ccc(OC)c(C)c1. The molecule has 2 aromatic carbocycles. The van der Waals surface area contributed by atoms with Crippen LogP contribution in [0.15, 0.2) is 53.4 Å². The molecule has 0 bridgehead atoms. The largest absolute Gasteiger partial charge is 0.496 e. The molecule has 0 fully saturated rings. The number of benzene rings is 2. The van der Waals surface area contributed by atoms with Gasteiger partial charge in [0.2, 0.25) is 15.9 Å². The van der Waals surface area contributed by atoms with Crippen molar-refractivity contribution >= 4 is 15.9 Å². The molecule has 1 N–H and O–H groups in total. The van der Waals surface area contributed by atoms with Gasteiger partial charge in [0.15, 0.2) is 0 Å².